The van der Waals surface area contributed by atoms with Crippen molar-refractivity contribution < 1.29 is 14.3 Å². The zero-order chi connectivity index (χ0) is 13.0. The van der Waals surface area contributed by atoms with Crippen LogP contribution in [0, 0.1) is 0 Å². The fourth-order valence-corrected chi connectivity index (χ4v) is 1.78. The molecule has 1 aromatic rings. The lowest BCUT2D eigenvalue weighted by atomic mass is 9.94. The van der Waals surface area contributed by atoms with Gasteiger partial charge in [0.25, 0.3) is 0 Å². The SMILES string of the molecule is CC/C=C/COC1=CC(=O)C(=O)c2ccccc21. The second kappa shape index (κ2) is 5.45. The summed E-state index contributed by atoms with van der Waals surface area (Å²) in [7, 11) is 0. The van der Waals surface area contributed by atoms with Crippen molar-refractivity contribution in [3.05, 3.63) is 53.6 Å². The number of ketones is 2. The maximum Gasteiger partial charge on any atom is 0.233 e. The third kappa shape index (κ3) is 2.40. The predicted molar refractivity (Wildman–Crippen MR) is 69.1 cm³/mol. The fraction of sp³-hybridized carbons (Fsp3) is 0.200. The molecule has 0 aromatic heterocycles. The average molecular weight is 242 g/mol. The highest BCUT2D eigenvalue weighted by Gasteiger charge is 2.25. The highest BCUT2D eigenvalue weighted by atomic mass is 16.5. The number of allylic oxidation sites excluding steroid dienone is 2. The Balaban J connectivity index is 2.25. The van der Waals surface area contributed by atoms with E-state index in [9.17, 15) is 9.59 Å². The molecule has 0 radical (unpaired) electrons. The number of ether oxygens (including phenoxy) is 1. The molecule has 0 heterocycles. The van der Waals surface area contributed by atoms with Crippen molar-refractivity contribution in [1.82, 2.24) is 0 Å². The van der Waals surface area contributed by atoms with E-state index in [1.807, 2.05) is 25.1 Å². The van der Waals surface area contributed by atoms with Crippen LogP contribution in [-0.4, -0.2) is 18.2 Å². The summed E-state index contributed by atoms with van der Waals surface area (Å²) in [5.41, 5.74) is 1.10. The quantitative estimate of drug-likeness (QED) is 0.602. The third-order valence-corrected chi connectivity index (χ3v) is 2.66. The Labute approximate surface area is 106 Å². The van der Waals surface area contributed by atoms with Gasteiger partial charge in [0.1, 0.15) is 12.4 Å². The molecular weight excluding hydrogens is 228 g/mol. The van der Waals surface area contributed by atoms with E-state index in [-0.39, 0.29) is 0 Å². The summed E-state index contributed by atoms with van der Waals surface area (Å²) in [5, 5.41) is 0. The zero-order valence-corrected chi connectivity index (χ0v) is 10.2. The average Bonchev–Trinajstić information content (AvgIpc) is 2.40. The molecular formula is C15H14O3. The van der Waals surface area contributed by atoms with Gasteiger partial charge in [-0.15, -0.1) is 0 Å². The fourth-order valence-electron chi connectivity index (χ4n) is 1.78. The van der Waals surface area contributed by atoms with Crippen molar-refractivity contribution in [3.8, 4) is 0 Å². The minimum absolute atomic E-state index is 0.398. The molecule has 2 rings (SSSR count). The molecule has 0 saturated heterocycles. The smallest absolute Gasteiger partial charge is 0.233 e. The lowest BCUT2D eigenvalue weighted by Crippen LogP contribution is -2.19. The second-order valence-electron chi connectivity index (χ2n) is 3.94. The van der Waals surface area contributed by atoms with Crippen LogP contribution in [0.4, 0.5) is 0 Å². The van der Waals surface area contributed by atoms with Gasteiger partial charge < -0.3 is 4.74 Å². The van der Waals surface area contributed by atoms with Gasteiger partial charge in [-0.2, -0.15) is 0 Å². The molecule has 0 unspecified atom stereocenters. The van der Waals surface area contributed by atoms with E-state index in [1.165, 1.54) is 6.08 Å². The maximum atomic E-state index is 11.7. The third-order valence-electron chi connectivity index (χ3n) is 2.66. The molecule has 0 saturated carbocycles. The van der Waals surface area contributed by atoms with Crippen molar-refractivity contribution in [2.75, 3.05) is 6.61 Å². The summed E-state index contributed by atoms with van der Waals surface area (Å²) >= 11 is 0. The van der Waals surface area contributed by atoms with Gasteiger partial charge in [0.15, 0.2) is 0 Å². The number of Topliss-reactive ketones (excluding diaryl/α,β-unsaturated/α-hetero) is 1. The molecule has 3 nitrogen and oxygen atoms in total. The Hall–Kier alpha value is -2.16. The highest BCUT2D eigenvalue weighted by molar-refractivity contribution is 6.50. The van der Waals surface area contributed by atoms with Crippen molar-refractivity contribution in [2.24, 2.45) is 0 Å². The van der Waals surface area contributed by atoms with Crippen molar-refractivity contribution in [2.45, 2.75) is 13.3 Å². The lowest BCUT2D eigenvalue weighted by Gasteiger charge is -2.15. The molecule has 0 spiro atoms. The van der Waals surface area contributed by atoms with Gasteiger partial charge >= 0.3 is 0 Å². The molecule has 1 aromatic carbocycles. The van der Waals surface area contributed by atoms with Crippen molar-refractivity contribution in [1.29, 1.82) is 0 Å². The van der Waals surface area contributed by atoms with Gasteiger partial charge in [-0.05, 0) is 6.42 Å². The Morgan fingerprint density at radius 3 is 2.56 bits per heavy atom. The van der Waals surface area contributed by atoms with Crippen LogP contribution < -0.4 is 0 Å². The van der Waals surface area contributed by atoms with Crippen LogP contribution in [0.25, 0.3) is 5.76 Å². The van der Waals surface area contributed by atoms with E-state index in [0.29, 0.717) is 23.5 Å². The molecule has 0 fully saturated rings. The molecule has 0 bridgehead atoms. The number of hydrogen-bond donors (Lipinski definition) is 0. The molecule has 1 aliphatic carbocycles. The van der Waals surface area contributed by atoms with Crippen molar-refractivity contribution in [3.63, 3.8) is 0 Å². The lowest BCUT2D eigenvalue weighted by molar-refractivity contribution is -0.111. The molecule has 3 heteroatoms. The van der Waals surface area contributed by atoms with Crippen LogP contribution in [0.15, 0.2) is 42.5 Å². The van der Waals surface area contributed by atoms with Gasteiger partial charge in [0.05, 0.1) is 0 Å². The molecule has 0 amide bonds. The van der Waals surface area contributed by atoms with Gasteiger partial charge in [0, 0.05) is 17.2 Å². The first-order valence-electron chi connectivity index (χ1n) is 5.91. The van der Waals surface area contributed by atoms with Gasteiger partial charge in [0.2, 0.25) is 11.6 Å². The van der Waals surface area contributed by atoms with E-state index in [0.717, 1.165) is 6.42 Å². The van der Waals surface area contributed by atoms with Crippen LogP contribution in [0.2, 0.25) is 0 Å². The molecule has 0 aliphatic heterocycles. The molecule has 0 N–H and O–H groups in total. The maximum absolute atomic E-state index is 11.7. The van der Waals surface area contributed by atoms with Crippen LogP contribution in [-0.2, 0) is 9.53 Å². The highest BCUT2D eigenvalue weighted by Crippen LogP contribution is 2.25. The normalized spacial score (nSPS) is 14.6. The molecule has 0 atom stereocenters. The van der Waals surface area contributed by atoms with E-state index in [2.05, 4.69) is 0 Å². The Bertz CT molecular complexity index is 538. The van der Waals surface area contributed by atoms with Gasteiger partial charge in [-0.25, -0.2) is 0 Å². The molecule has 18 heavy (non-hydrogen) atoms. The van der Waals surface area contributed by atoms with Crippen LogP contribution in [0.1, 0.15) is 29.3 Å². The predicted octanol–water partition coefficient (Wildman–Crippen LogP) is 2.78. The zero-order valence-electron chi connectivity index (χ0n) is 10.2. The topological polar surface area (TPSA) is 43.4 Å². The number of carbonyl (C=O) groups is 2. The number of carbonyl (C=O) groups excluding carboxylic acids is 2. The Morgan fingerprint density at radius 2 is 1.83 bits per heavy atom. The summed E-state index contributed by atoms with van der Waals surface area (Å²) < 4.78 is 5.53. The van der Waals surface area contributed by atoms with Gasteiger partial charge in [-0.1, -0.05) is 43.3 Å². The second-order valence-corrected chi connectivity index (χ2v) is 3.94. The first-order chi connectivity index (χ1) is 8.74. The standard InChI is InChI=1S/C15H14O3/c1-2-3-6-9-18-14-10-13(16)15(17)12-8-5-4-7-11(12)14/h3-8,10H,2,9H2,1H3/b6-3+. The summed E-state index contributed by atoms with van der Waals surface area (Å²) in [5.74, 6) is -0.527. The molecule has 92 valence electrons. The van der Waals surface area contributed by atoms with Crippen LogP contribution >= 0.6 is 0 Å². The first kappa shape index (κ1) is 12.3. The largest absolute Gasteiger partial charge is 0.489 e. The monoisotopic (exact) mass is 242 g/mol. The van der Waals surface area contributed by atoms with E-state index >= 15 is 0 Å². The summed E-state index contributed by atoms with van der Waals surface area (Å²) in [6.45, 7) is 2.43. The first-order valence-corrected chi connectivity index (χ1v) is 5.91. The van der Waals surface area contributed by atoms with E-state index in [1.54, 1.807) is 18.2 Å². The van der Waals surface area contributed by atoms with Crippen LogP contribution in [0.3, 0.4) is 0 Å². The van der Waals surface area contributed by atoms with E-state index < -0.39 is 11.6 Å². The molecule has 1 aliphatic rings. The summed E-state index contributed by atoms with van der Waals surface area (Å²) in [4.78, 5) is 23.2. The van der Waals surface area contributed by atoms with Crippen LogP contribution in [0.5, 0.6) is 0 Å². The number of benzene rings is 1. The summed E-state index contributed by atoms with van der Waals surface area (Å²) in [6.07, 6.45) is 6.09. The number of rotatable bonds is 4. The van der Waals surface area contributed by atoms with E-state index in [4.69, 9.17) is 4.74 Å². The van der Waals surface area contributed by atoms with Crippen molar-refractivity contribution >= 4 is 17.3 Å². The van der Waals surface area contributed by atoms with Gasteiger partial charge in [-0.3, -0.25) is 9.59 Å². The minimum Gasteiger partial charge on any atom is -0.489 e. The minimum atomic E-state index is -0.525. The Morgan fingerprint density at radius 1 is 1.11 bits per heavy atom. The number of hydrogen-bond acceptors (Lipinski definition) is 3. The number of fused-ring (bicyclic) bond motifs is 1. The Kier molecular flexibility index (Phi) is 3.72. The summed E-state index contributed by atoms with van der Waals surface area (Å²) in [6, 6.07) is 6.99.